The second-order valence-electron chi connectivity index (χ2n) is 10.2. The standard InChI is InChI=1S/C32H31NO2/c1-19-17-20(2)22(4)30(21(19)3)33(24-13-11-23(12-14-24)31(34)35)25-15-16-27-26-9-7-8-10-28(26)32(5,6)29(27)18-25/h7-18H,1-6H3,(H,34,35). The molecule has 3 nitrogen and oxygen atoms in total. The highest BCUT2D eigenvalue weighted by Gasteiger charge is 2.35. The normalized spacial score (nSPS) is 13.3. The molecule has 3 heteroatoms. The minimum absolute atomic E-state index is 0.104. The van der Waals surface area contributed by atoms with E-state index in [1.807, 2.05) is 12.1 Å². The number of anilines is 3. The highest BCUT2D eigenvalue weighted by atomic mass is 16.4. The van der Waals surface area contributed by atoms with Crippen LogP contribution < -0.4 is 4.90 Å². The average molecular weight is 462 g/mol. The van der Waals surface area contributed by atoms with Crippen molar-refractivity contribution in [1.82, 2.24) is 0 Å². The van der Waals surface area contributed by atoms with Gasteiger partial charge >= 0.3 is 5.97 Å². The van der Waals surface area contributed by atoms with Crippen molar-refractivity contribution in [3.05, 3.63) is 112 Å². The van der Waals surface area contributed by atoms with Crippen molar-refractivity contribution < 1.29 is 9.90 Å². The van der Waals surface area contributed by atoms with E-state index in [0.717, 1.165) is 17.1 Å². The molecule has 1 aliphatic carbocycles. The van der Waals surface area contributed by atoms with Crippen LogP contribution >= 0.6 is 0 Å². The number of aromatic carboxylic acids is 1. The molecule has 0 unspecified atom stereocenters. The van der Waals surface area contributed by atoms with Gasteiger partial charge in [0, 0.05) is 16.8 Å². The van der Waals surface area contributed by atoms with Gasteiger partial charge in [-0.25, -0.2) is 4.79 Å². The van der Waals surface area contributed by atoms with Crippen LogP contribution in [0, 0.1) is 27.7 Å². The largest absolute Gasteiger partial charge is 0.478 e. The lowest BCUT2D eigenvalue weighted by atomic mass is 9.82. The lowest BCUT2D eigenvalue weighted by Gasteiger charge is -2.31. The molecule has 0 atom stereocenters. The summed E-state index contributed by atoms with van der Waals surface area (Å²) in [4.78, 5) is 13.8. The first-order valence-corrected chi connectivity index (χ1v) is 12.1. The van der Waals surface area contributed by atoms with Crippen LogP contribution in [-0.2, 0) is 5.41 Å². The van der Waals surface area contributed by atoms with Gasteiger partial charge < -0.3 is 10.0 Å². The summed E-state index contributed by atoms with van der Waals surface area (Å²) in [5.74, 6) is -0.918. The van der Waals surface area contributed by atoms with Crippen LogP contribution in [0.2, 0.25) is 0 Å². The van der Waals surface area contributed by atoms with Crippen LogP contribution in [0.4, 0.5) is 17.1 Å². The second-order valence-corrected chi connectivity index (χ2v) is 10.2. The maximum atomic E-state index is 11.5. The van der Waals surface area contributed by atoms with E-state index >= 15 is 0 Å². The Morgan fingerprint density at radius 3 is 1.91 bits per heavy atom. The Hall–Kier alpha value is -3.85. The summed E-state index contributed by atoms with van der Waals surface area (Å²) in [5, 5.41) is 9.45. The molecule has 0 fully saturated rings. The van der Waals surface area contributed by atoms with E-state index in [2.05, 4.69) is 95.0 Å². The van der Waals surface area contributed by atoms with Crippen LogP contribution in [0.15, 0.2) is 72.8 Å². The number of hydrogen-bond donors (Lipinski definition) is 1. The average Bonchev–Trinajstić information content (AvgIpc) is 3.07. The quantitative estimate of drug-likeness (QED) is 0.332. The highest BCUT2D eigenvalue weighted by molar-refractivity contribution is 5.90. The lowest BCUT2D eigenvalue weighted by molar-refractivity contribution is 0.0697. The number of carboxylic acids is 1. The van der Waals surface area contributed by atoms with Crippen LogP contribution in [-0.4, -0.2) is 11.1 Å². The summed E-state index contributed by atoms with van der Waals surface area (Å²) in [7, 11) is 0. The molecule has 0 saturated heterocycles. The van der Waals surface area contributed by atoms with Crippen molar-refractivity contribution in [2.75, 3.05) is 4.90 Å². The molecule has 1 N–H and O–H groups in total. The molecule has 0 radical (unpaired) electrons. The molecule has 0 aromatic heterocycles. The predicted octanol–water partition coefficient (Wildman–Crippen LogP) is 8.39. The van der Waals surface area contributed by atoms with Crippen molar-refractivity contribution in [3.63, 3.8) is 0 Å². The molecule has 0 bridgehead atoms. The zero-order valence-electron chi connectivity index (χ0n) is 21.2. The smallest absolute Gasteiger partial charge is 0.335 e. The molecule has 4 aromatic carbocycles. The lowest BCUT2D eigenvalue weighted by Crippen LogP contribution is -2.18. The van der Waals surface area contributed by atoms with Gasteiger partial charge in [-0.15, -0.1) is 0 Å². The molecular formula is C32H31NO2. The number of nitrogens with zero attached hydrogens (tertiary/aromatic N) is 1. The monoisotopic (exact) mass is 461 g/mol. The molecule has 0 spiro atoms. The van der Waals surface area contributed by atoms with E-state index in [4.69, 9.17) is 0 Å². The van der Waals surface area contributed by atoms with Gasteiger partial charge in [-0.2, -0.15) is 0 Å². The summed E-state index contributed by atoms with van der Waals surface area (Å²) >= 11 is 0. The Kier molecular flexibility index (Phi) is 5.32. The first-order chi connectivity index (χ1) is 16.6. The number of aryl methyl sites for hydroxylation is 2. The van der Waals surface area contributed by atoms with Crippen LogP contribution in [0.1, 0.15) is 57.6 Å². The van der Waals surface area contributed by atoms with Gasteiger partial charge in [0.15, 0.2) is 0 Å². The molecule has 4 aromatic rings. The minimum atomic E-state index is -0.918. The number of carbonyl (C=O) groups is 1. The number of fused-ring (bicyclic) bond motifs is 3. The maximum Gasteiger partial charge on any atom is 0.335 e. The summed E-state index contributed by atoms with van der Waals surface area (Å²) in [6.45, 7) is 13.2. The fraction of sp³-hybridized carbons (Fsp3) is 0.219. The summed E-state index contributed by atoms with van der Waals surface area (Å²) in [6.07, 6.45) is 0. The van der Waals surface area contributed by atoms with Gasteiger partial charge in [0.1, 0.15) is 0 Å². The number of benzene rings is 4. The number of rotatable bonds is 4. The van der Waals surface area contributed by atoms with Gasteiger partial charge in [-0.1, -0.05) is 50.2 Å². The van der Waals surface area contributed by atoms with E-state index < -0.39 is 5.97 Å². The van der Waals surface area contributed by atoms with E-state index in [0.29, 0.717) is 0 Å². The van der Waals surface area contributed by atoms with Crippen molar-refractivity contribution in [2.24, 2.45) is 0 Å². The molecule has 176 valence electrons. The second kappa shape index (κ2) is 8.13. The molecular weight excluding hydrogens is 430 g/mol. The Bertz CT molecular complexity index is 1450. The van der Waals surface area contributed by atoms with Crippen molar-refractivity contribution in [1.29, 1.82) is 0 Å². The third-order valence-electron chi connectivity index (χ3n) is 7.75. The van der Waals surface area contributed by atoms with Crippen LogP contribution in [0.25, 0.3) is 11.1 Å². The molecule has 0 saturated carbocycles. The molecule has 0 amide bonds. The summed E-state index contributed by atoms with van der Waals surface area (Å²) in [5.41, 5.74) is 13.5. The third kappa shape index (κ3) is 3.54. The first kappa shape index (κ1) is 22.9. The number of carboxylic acid groups (broad SMARTS) is 1. The van der Waals surface area contributed by atoms with Gasteiger partial charge in [0.2, 0.25) is 0 Å². The molecule has 35 heavy (non-hydrogen) atoms. The minimum Gasteiger partial charge on any atom is -0.478 e. The van der Waals surface area contributed by atoms with Crippen molar-refractivity contribution in [2.45, 2.75) is 47.0 Å². The Labute approximate surface area is 207 Å². The zero-order chi connectivity index (χ0) is 25.1. The Balaban J connectivity index is 1.76. The summed E-state index contributed by atoms with van der Waals surface area (Å²) < 4.78 is 0. The van der Waals surface area contributed by atoms with E-state index in [1.165, 1.54) is 44.5 Å². The van der Waals surface area contributed by atoms with Crippen LogP contribution in [0.5, 0.6) is 0 Å². The zero-order valence-corrected chi connectivity index (χ0v) is 21.2. The fourth-order valence-corrected chi connectivity index (χ4v) is 5.52. The van der Waals surface area contributed by atoms with Crippen molar-refractivity contribution >= 4 is 23.0 Å². The van der Waals surface area contributed by atoms with Crippen molar-refractivity contribution in [3.8, 4) is 11.1 Å². The number of hydrogen-bond acceptors (Lipinski definition) is 2. The highest BCUT2D eigenvalue weighted by Crippen LogP contribution is 2.51. The van der Waals surface area contributed by atoms with Gasteiger partial charge in [0.25, 0.3) is 0 Å². The van der Waals surface area contributed by atoms with Gasteiger partial charge in [-0.3, -0.25) is 0 Å². The third-order valence-corrected chi connectivity index (χ3v) is 7.75. The Morgan fingerprint density at radius 1 is 0.714 bits per heavy atom. The predicted molar refractivity (Wildman–Crippen MR) is 145 cm³/mol. The van der Waals surface area contributed by atoms with Gasteiger partial charge in [0.05, 0.1) is 11.3 Å². The molecule has 1 aliphatic rings. The topological polar surface area (TPSA) is 40.5 Å². The first-order valence-electron chi connectivity index (χ1n) is 12.1. The molecule has 5 rings (SSSR count). The maximum absolute atomic E-state index is 11.5. The molecule has 0 heterocycles. The SMILES string of the molecule is Cc1cc(C)c(C)c(N(c2ccc(C(=O)O)cc2)c2ccc3c(c2)C(C)(C)c2ccccc2-3)c1C. The summed E-state index contributed by atoms with van der Waals surface area (Å²) in [6, 6.07) is 24.8. The van der Waals surface area contributed by atoms with Crippen LogP contribution in [0.3, 0.4) is 0 Å². The van der Waals surface area contributed by atoms with E-state index in [9.17, 15) is 9.90 Å². The van der Waals surface area contributed by atoms with E-state index in [-0.39, 0.29) is 11.0 Å². The fourth-order valence-electron chi connectivity index (χ4n) is 5.52. The molecule has 0 aliphatic heterocycles. The Morgan fingerprint density at radius 2 is 1.29 bits per heavy atom. The van der Waals surface area contributed by atoms with E-state index in [1.54, 1.807) is 12.1 Å². The van der Waals surface area contributed by atoms with Gasteiger partial charge in [-0.05, 0) is 109 Å².